The molecule has 0 radical (unpaired) electrons. The zero-order valence-electron chi connectivity index (χ0n) is 15.8. The second kappa shape index (κ2) is 11.0. The standard InChI is InChI=1S/C18H15Cl3N2O2.C2H2O4/c19-13-2-1-3-15(8-13)25-11-18(24,10-23-7-6-22-12-23)16-5-4-14(20)9-17(16)21;3-1(4)2(5)6/h1-9,12,24H,10-11H2;(H,3,4)(H,5,6). The molecule has 0 saturated heterocycles. The Labute approximate surface area is 192 Å². The third kappa shape index (κ3) is 7.45. The summed E-state index contributed by atoms with van der Waals surface area (Å²) in [5.74, 6) is -3.09. The Morgan fingerprint density at radius 3 is 2.26 bits per heavy atom. The van der Waals surface area contributed by atoms with Crippen LogP contribution in [0.25, 0.3) is 0 Å². The van der Waals surface area contributed by atoms with Crippen LogP contribution in [0.2, 0.25) is 15.1 Å². The zero-order valence-corrected chi connectivity index (χ0v) is 18.1. The maximum atomic E-state index is 11.3. The molecule has 3 N–H and O–H groups in total. The van der Waals surface area contributed by atoms with Crippen molar-refractivity contribution in [2.24, 2.45) is 0 Å². The maximum Gasteiger partial charge on any atom is 0.414 e. The van der Waals surface area contributed by atoms with E-state index in [9.17, 15) is 5.11 Å². The Balaban J connectivity index is 0.000000501. The first-order valence-corrected chi connectivity index (χ1v) is 9.72. The number of carbonyl (C=O) groups is 2. The second-order valence-corrected chi connectivity index (χ2v) is 7.53. The highest BCUT2D eigenvalue weighted by atomic mass is 35.5. The highest BCUT2D eigenvalue weighted by Gasteiger charge is 2.33. The van der Waals surface area contributed by atoms with Gasteiger partial charge in [0.2, 0.25) is 0 Å². The van der Waals surface area contributed by atoms with Gasteiger partial charge in [-0.15, -0.1) is 0 Å². The van der Waals surface area contributed by atoms with Gasteiger partial charge in [-0.05, 0) is 30.3 Å². The number of carboxylic acid groups (broad SMARTS) is 2. The van der Waals surface area contributed by atoms with E-state index in [2.05, 4.69) is 4.98 Å². The van der Waals surface area contributed by atoms with Gasteiger partial charge >= 0.3 is 11.9 Å². The molecule has 3 rings (SSSR count). The van der Waals surface area contributed by atoms with Crippen molar-refractivity contribution in [2.75, 3.05) is 6.61 Å². The number of hydrogen-bond donors (Lipinski definition) is 3. The SMILES string of the molecule is O=C(O)C(=O)O.OC(COc1cccc(Cl)c1)(Cn1ccnc1)c1ccc(Cl)cc1Cl. The lowest BCUT2D eigenvalue weighted by Crippen LogP contribution is -2.38. The minimum atomic E-state index is -1.82. The fraction of sp³-hybridized carbons (Fsp3) is 0.150. The van der Waals surface area contributed by atoms with Gasteiger partial charge in [0.25, 0.3) is 0 Å². The lowest BCUT2D eigenvalue weighted by atomic mass is 9.94. The largest absolute Gasteiger partial charge is 0.490 e. The molecule has 31 heavy (non-hydrogen) atoms. The molecule has 164 valence electrons. The summed E-state index contributed by atoms with van der Waals surface area (Å²) >= 11 is 18.3. The van der Waals surface area contributed by atoms with Gasteiger partial charge in [0, 0.05) is 33.0 Å². The van der Waals surface area contributed by atoms with Gasteiger partial charge in [-0.25, -0.2) is 14.6 Å². The van der Waals surface area contributed by atoms with E-state index < -0.39 is 17.5 Å². The normalized spacial score (nSPS) is 12.3. The van der Waals surface area contributed by atoms with Crippen LogP contribution in [0.3, 0.4) is 0 Å². The number of aliphatic carboxylic acids is 2. The van der Waals surface area contributed by atoms with Crippen LogP contribution in [-0.4, -0.2) is 43.4 Å². The third-order valence-corrected chi connectivity index (χ3v) is 4.68. The molecule has 1 unspecified atom stereocenters. The van der Waals surface area contributed by atoms with Crippen molar-refractivity contribution >= 4 is 46.7 Å². The lowest BCUT2D eigenvalue weighted by Gasteiger charge is -2.30. The van der Waals surface area contributed by atoms with Crippen molar-refractivity contribution in [3.8, 4) is 5.75 Å². The highest BCUT2D eigenvalue weighted by Crippen LogP contribution is 2.33. The monoisotopic (exact) mass is 486 g/mol. The van der Waals surface area contributed by atoms with Crippen molar-refractivity contribution in [1.82, 2.24) is 9.55 Å². The van der Waals surface area contributed by atoms with Crippen LogP contribution >= 0.6 is 34.8 Å². The van der Waals surface area contributed by atoms with Crippen molar-refractivity contribution in [1.29, 1.82) is 0 Å². The summed E-state index contributed by atoms with van der Waals surface area (Å²) in [6.45, 7) is 0.196. The van der Waals surface area contributed by atoms with Gasteiger partial charge in [0.15, 0.2) is 0 Å². The van der Waals surface area contributed by atoms with Crippen molar-refractivity contribution < 1.29 is 29.6 Å². The Morgan fingerprint density at radius 1 is 1.03 bits per heavy atom. The molecule has 3 aromatic rings. The number of halogens is 3. The molecule has 0 saturated carbocycles. The van der Waals surface area contributed by atoms with Crippen LogP contribution in [-0.2, 0) is 21.7 Å². The van der Waals surface area contributed by atoms with Crippen LogP contribution in [0.5, 0.6) is 5.75 Å². The first kappa shape index (κ1) is 24.5. The molecule has 1 atom stereocenters. The molecule has 0 aliphatic rings. The number of imidazole rings is 1. The van der Waals surface area contributed by atoms with Gasteiger partial charge in [0.1, 0.15) is 18.0 Å². The van der Waals surface area contributed by atoms with Crippen LogP contribution in [0.4, 0.5) is 0 Å². The average Bonchev–Trinajstić information content (AvgIpc) is 3.19. The minimum Gasteiger partial charge on any atom is -0.490 e. The molecule has 1 heterocycles. The summed E-state index contributed by atoms with van der Waals surface area (Å²) in [7, 11) is 0. The van der Waals surface area contributed by atoms with Crippen molar-refractivity contribution in [3.63, 3.8) is 0 Å². The van der Waals surface area contributed by atoms with Crippen LogP contribution in [0.15, 0.2) is 61.2 Å². The number of benzene rings is 2. The van der Waals surface area contributed by atoms with E-state index in [1.54, 1.807) is 65.8 Å². The van der Waals surface area contributed by atoms with Gasteiger partial charge in [0.05, 0.1) is 12.9 Å². The van der Waals surface area contributed by atoms with E-state index in [1.165, 1.54) is 0 Å². The molecule has 0 aliphatic heterocycles. The maximum absolute atomic E-state index is 11.3. The lowest BCUT2D eigenvalue weighted by molar-refractivity contribution is -0.159. The van der Waals surface area contributed by atoms with Crippen LogP contribution in [0, 0.1) is 0 Å². The fourth-order valence-electron chi connectivity index (χ4n) is 2.52. The average molecular weight is 488 g/mol. The number of nitrogens with zero attached hydrogens (tertiary/aromatic N) is 2. The Kier molecular flexibility index (Phi) is 8.70. The van der Waals surface area contributed by atoms with Gasteiger partial charge < -0.3 is 24.6 Å². The number of aliphatic hydroxyl groups is 1. The van der Waals surface area contributed by atoms with E-state index in [4.69, 9.17) is 59.3 Å². The van der Waals surface area contributed by atoms with Crippen molar-refractivity contribution in [3.05, 3.63) is 81.8 Å². The molecule has 0 amide bonds. The van der Waals surface area contributed by atoms with Gasteiger partial charge in [-0.2, -0.15) is 0 Å². The molecular formula is C20H17Cl3N2O6. The molecule has 2 aromatic carbocycles. The molecule has 0 fully saturated rings. The number of aromatic nitrogens is 2. The van der Waals surface area contributed by atoms with E-state index in [0.29, 0.717) is 26.4 Å². The van der Waals surface area contributed by atoms with Crippen molar-refractivity contribution in [2.45, 2.75) is 12.1 Å². The topological polar surface area (TPSA) is 122 Å². The summed E-state index contributed by atoms with van der Waals surface area (Å²) < 4.78 is 7.54. The zero-order chi connectivity index (χ0) is 23.0. The first-order valence-electron chi connectivity index (χ1n) is 8.59. The predicted octanol–water partition coefficient (Wildman–Crippen LogP) is 3.97. The van der Waals surface area contributed by atoms with E-state index in [-0.39, 0.29) is 13.2 Å². The summed E-state index contributed by atoms with van der Waals surface area (Å²) in [5, 5.41) is 27.5. The highest BCUT2D eigenvalue weighted by molar-refractivity contribution is 6.35. The number of ether oxygens (including phenoxy) is 1. The summed E-state index contributed by atoms with van der Waals surface area (Å²) in [5.41, 5.74) is -0.862. The fourth-order valence-corrected chi connectivity index (χ4v) is 3.28. The van der Waals surface area contributed by atoms with E-state index >= 15 is 0 Å². The third-order valence-electron chi connectivity index (χ3n) is 3.89. The van der Waals surface area contributed by atoms with E-state index in [1.807, 2.05) is 0 Å². The molecular weight excluding hydrogens is 471 g/mol. The quantitative estimate of drug-likeness (QED) is 0.450. The molecule has 0 spiro atoms. The molecule has 0 bridgehead atoms. The summed E-state index contributed by atoms with van der Waals surface area (Å²) in [4.78, 5) is 22.2. The molecule has 1 aromatic heterocycles. The van der Waals surface area contributed by atoms with Crippen LogP contribution in [0.1, 0.15) is 5.56 Å². The van der Waals surface area contributed by atoms with Gasteiger partial charge in [-0.1, -0.05) is 46.9 Å². The van der Waals surface area contributed by atoms with Gasteiger partial charge in [-0.3, -0.25) is 0 Å². The predicted molar refractivity (Wildman–Crippen MR) is 115 cm³/mol. The Morgan fingerprint density at radius 2 is 1.71 bits per heavy atom. The number of rotatable bonds is 6. The Hall–Kier alpha value is -2.78. The molecule has 11 heteroatoms. The second-order valence-electron chi connectivity index (χ2n) is 6.25. The molecule has 0 aliphatic carbocycles. The van der Waals surface area contributed by atoms with E-state index in [0.717, 1.165) is 0 Å². The summed E-state index contributed by atoms with van der Waals surface area (Å²) in [6.07, 6.45) is 5.02. The summed E-state index contributed by atoms with van der Waals surface area (Å²) in [6, 6.07) is 12.0. The number of hydrogen-bond acceptors (Lipinski definition) is 5. The molecule has 8 nitrogen and oxygen atoms in total. The number of carboxylic acids is 2. The first-order chi connectivity index (χ1) is 14.6. The Bertz CT molecular complexity index is 1030. The smallest absolute Gasteiger partial charge is 0.414 e. The van der Waals surface area contributed by atoms with Crippen LogP contribution < -0.4 is 4.74 Å². The minimum absolute atomic E-state index is 0.0210.